The summed E-state index contributed by atoms with van der Waals surface area (Å²) in [6.07, 6.45) is 0.578. The lowest BCUT2D eigenvalue weighted by molar-refractivity contribution is -0.144. The number of halogens is 2. The standard InChI is InChI=1S/C12H14F2O2/c1-4-12(2,3)11(15)16-10-6-5-8(13)7-9(10)14/h5-7H,4H2,1-3H3. The Labute approximate surface area is 93.2 Å². The average Bonchev–Trinajstić information content (AvgIpc) is 2.22. The number of hydrogen-bond acceptors (Lipinski definition) is 2. The number of rotatable bonds is 3. The molecule has 0 aliphatic heterocycles. The van der Waals surface area contributed by atoms with Gasteiger partial charge in [0.15, 0.2) is 11.6 Å². The van der Waals surface area contributed by atoms with Crippen LogP contribution in [0.25, 0.3) is 0 Å². The molecule has 0 bridgehead atoms. The highest BCUT2D eigenvalue weighted by molar-refractivity contribution is 5.78. The lowest BCUT2D eigenvalue weighted by atomic mass is 9.91. The Morgan fingerprint density at radius 1 is 1.38 bits per heavy atom. The first-order valence-corrected chi connectivity index (χ1v) is 5.04. The van der Waals surface area contributed by atoms with Crippen LogP contribution in [-0.4, -0.2) is 5.97 Å². The van der Waals surface area contributed by atoms with E-state index in [-0.39, 0.29) is 5.75 Å². The molecule has 4 heteroatoms. The van der Waals surface area contributed by atoms with Crippen LogP contribution in [0, 0.1) is 17.0 Å². The fourth-order valence-corrected chi connectivity index (χ4v) is 0.940. The minimum Gasteiger partial charge on any atom is -0.423 e. The number of hydrogen-bond donors (Lipinski definition) is 0. The fourth-order valence-electron chi connectivity index (χ4n) is 0.940. The predicted octanol–water partition coefficient (Wildman–Crippen LogP) is 3.31. The van der Waals surface area contributed by atoms with Crippen LogP contribution in [0.15, 0.2) is 18.2 Å². The molecule has 1 aromatic rings. The van der Waals surface area contributed by atoms with E-state index in [0.29, 0.717) is 12.5 Å². The quantitative estimate of drug-likeness (QED) is 0.586. The van der Waals surface area contributed by atoms with Crippen molar-refractivity contribution >= 4 is 5.97 Å². The molecule has 0 amide bonds. The van der Waals surface area contributed by atoms with Gasteiger partial charge in [-0.05, 0) is 32.4 Å². The highest BCUT2D eigenvalue weighted by Crippen LogP contribution is 2.25. The number of carbonyl (C=O) groups excluding carboxylic acids is 1. The first kappa shape index (κ1) is 12.6. The highest BCUT2D eigenvalue weighted by atomic mass is 19.1. The van der Waals surface area contributed by atoms with Crippen LogP contribution in [0.4, 0.5) is 8.78 Å². The normalized spacial score (nSPS) is 11.3. The number of ether oxygens (including phenoxy) is 1. The molecular formula is C12H14F2O2. The predicted molar refractivity (Wildman–Crippen MR) is 56.1 cm³/mol. The smallest absolute Gasteiger partial charge is 0.316 e. The van der Waals surface area contributed by atoms with Crippen molar-refractivity contribution in [2.75, 3.05) is 0 Å². The second kappa shape index (κ2) is 4.60. The van der Waals surface area contributed by atoms with Crippen molar-refractivity contribution in [3.8, 4) is 5.75 Å². The summed E-state index contributed by atoms with van der Waals surface area (Å²) < 4.78 is 30.7. The Hall–Kier alpha value is -1.45. The van der Waals surface area contributed by atoms with E-state index in [1.807, 2.05) is 6.92 Å². The third kappa shape index (κ3) is 2.78. The van der Waals surface area contributed by atoms with E-state index in [0.717, 1.165) is 12.1 Å². The lowest BCUT2D eigenvalue weighted by Gasteiger charge is -2.20. The molecule has 0 atom stereocenters. The molecule has 0 aliphatic rings. The number of esters is 1. The first-order valence-electron chi connectivity index (χ1n) is 5.04. The molecule has 0 radical (unpaired) electrons. The molecule has 16 heavy (non-hydrogen) atoms. The van der Waals surface area contributed by atoms with Gasteiger partial charge in [-0.15, -0.1) is 0 Å². The van der Waals surface area contributed by atoms with Crippen LogP contribution in [0.5, 0.6) is 5.75 Å². The van der Waals surface area contributed by atoms with Gasteiger partial charge in [0.2, 0.25) is 0 Å². The molecule has 0 unspecified atom stereocenters. The zero-order chi connectivity index (χ0) is 12.3. The molecule has 0 N–H and O–H groups in total. The van der Waals surface area contributed by atoms with Crippen LogP contribution in [0.3, 0.4) is 0 Å². The van der Waals surface area contributed by atoms with Crippen LogP contribution >= 0.6 is 0 Å². The topological polar surface area (TPSA) is 26.3 Å². The molecular weight excluding hydrogens is 214 g/mol. The van der Waals surface area contributed by atoms with Crippen molar-refractivity contribution in [2.45, 2.75) is 27.2 Å². The van der Waals surface area contributed by atoms with E-state index in [1.54, 1.807) is 13.8 Å². The Bertz CT molecular complexity index is 400. The molecule has 0 heterocycles. The lowest BCUT2D eigenvalue weighted by Crippen LogP contribution is -2.28. The first-order chi connectivity index (χ1) is 7.36. The Morgan fingerprint density at radius 2 is 2.00 bits per heavy atom. The van der Waals surface area contributed by atoms with Crippen LogP contribution < -0.4 is 4.74 Å². The van der Waals surface area contributed by atoms with Crippen LogP contribution in [-0.2, 0) is 4.79 Å². The van der Waals surface area contributed by atoms with Gasteiger partial charge in [0.05, 0.1) is 5.41 Å². The summed E-state index contributed by atoms with van der Waals surface area (Å²) in [5.74, 6) is -2.35. The summed E-state index contributed by atoms with van der Waals surface area (Å²) in [6.45, 7) is 5.25. The molecule has 0 aromatic heterocycles. The summed E-state index contributed by atoms with van der Waals surface area (Å²) >= 11 is 0. The Balaban J connectivity index is 2.85. The minimum absolute atomic E-state index is 0.243. The van der Waals surface area contributed by atoms with Gasteiger partial charge in [-0.2, -0.15) is 0 Å². The summed E-state index contributed by atoms with van der Waals surface area (Å²) in [5.41, 5.74) is -0.680. The van der Waals surface area contributed by atoms with E-state index >= 15 is 0 Å². The van der Waals surface area contributed by atoms with Crippen molar-refractivity contribution in [3.63, 3.8) is 0 Å². The third-order valence-electron chi connectivity index (χ3n) is 2.53. The highest BCUT2D eigenvalue weighted by Gasteiger charge is 2.28. The Kier molecular flexibility index (Phi) is 3.62. The molecule has 0 saturated carbocycles. The average molecular weight is 228 g/mol. The maximum Gasteiger partial charge on any atom is 0.316 e. The monoisotopic (exact) mass is 228 g/mol. The van der Waals surface area contributed by atoms with Gasteiger partial charge in [-0.3, -0.25) is 4.79 Å². The van der Waals surface area contributed by atoms with E-state index in [2.05, 4.69) is 0 Å². The van der Waals surface area contributed by atoms with E-state index in [1.165, 1.54) is 0 Å². The van der Waals surface area contributed by atoms with Gasteiger partial charge < -0.3 is 4.74 Å². The largest absolute Gasteiger partial charge is 0.423 e. The van der Waals surface area contributed by atoms with Gasteiger partial charge in [0, 0.05) is 6.07 Å². The maximum atomic E-state index is 13.2. The molecule has 2 nitrogen and oxygen atoms in total. The summed E-state index contributed by atoms with van der Waals surface area (Å²) in [5, 5.41) is 0. The van der Waals surface area contributed by atoms with Gasteiger partial charge in [0.25, 0.3) is 0 Å². The fraction of sp³-hybridized carbons (Fsp3) is 0.417. The number of carbonyl (C=O) groups is 1. The Morgan fingerprint density at radius 3 is 2.50 bits per heavy atom. The second-order valence-electron chi connectivity index (χ2n) is 4.20. The van der Waals surface area contributed by atoms with Crippen LogP contribution in [0.1, 0.15) is 27.2 Å². The summed E-state index contributed by atoms with van der Waals surface area (Å²) in [7, 11) is 0. The van der Waals surface area contributed by atoms with Crippen molar-refractivity contribution in [2.24, 2.45) is 5.41 Å². The molecule has 88 valence electrons. The molecule has 1 aromatic carbocycles. The van der Waals surface area contributed by atoms with E-state index in [9.17, 15) is 13.6 Å². The summed E-state index contributed by atoms with van der Waals surface area (Å²) in [4.78, 5) is 11.6. The van der Waals surface area contributed by atoms with Gasteiger partial charge in [-0.1, -0.05) is 6.92 Å². The van der Waals surface area contributed by atoms with Crippen molar-refractivity contribution < 1.29 is 18.3 Å². The van der Waals surface area contributed by atoms with Gasteiger partial charge in [0.1, 0.15) is 5.82 Å². The number of benzene rings is 1. The minimum atomic E-state index is -0.875. The molecule has 0 aliphatic carbocycles. The second-order valence-corrected chi connectivity index (χ2v) is 4.20. The molecule has 0 fully saturated rings. The zero-order valence-electron chi connectivity index (χ0n) is 9.51. The third-order valence-corrected chi connectivity index (χ3v) is 2.53. The van der Waals surface area contributed by atoms with Crippen LogP contribution in [0.2, 0.25) is 0 Å². The zero-order valence-corrected chi connectivity index (χ0v) is 9.51. The maximum absolute atomic E-state index is 13.2. The van der Waals surface area contributed by atoms with Gasteiger partial charge in [-0.25, -0.2) is 8.78 Å². The molecule has 0 saturated heterocycles. The summed E-state index contributed by atoms with van der Waals surface area (Å²) in [6, 6.07) is 2.83. The molecule has 0 spiro atoms. The van der Waals surface area contributed by atoms with Gasteiger partial charge >= 0.3 is 5.97 Å². The molecule has 1 rings (SSSR count). The van der Waals surface area contributed by atoms with E-state index in [4.69, 9.17) is 4.74 Å². The van der Waals surface area contributed by atoms with Crippen molar-refractivity contribution in [1.29, 1.82) is 0 Å². The van der Waals surface area contributed by atoms with Crippen molar-refractivity contribution in [3.05, 3.63) is 29.8 Å². The van der Waals surface area contributed by atoms with Crippen molar-refractivity contribution in [1.82, 2.24) is 0 Å². The SMILES string of the molecule is CCC(C)(C)C(=O)Oc1ccc(F)cc1F. The van der Waals surface area contributed by atoms with E-state index < -0.39 is 23.0 Å².